The van der Waals surface area contributed by atoms with Gasteiger partial charge in [0.2, 0.25) is 0 Å². The highest BCUT2D eigenvalue weighted by molar-refractivity contribution is 9.10. The van der Waals surface area contributed by atoms with Crippen LogP contribution in [0, 0.1) is 5.92 Å². The Balaban J connectivity index is 2.10. The van der Waals surface area contributed by atoms with Crippen LogP contribution in [0.25, 0.3) is 0 Å². The van der Waals surface area contributed by atoms with Crippen molar-refractivity contribution in [2.45, 2.75) is 45.3 Å². The molecule has 2 N–H and O–H groups in total. The maximum Gasteiger partial charge on any atom is 0.0772 e. The molecule has 1 aliphatic heterocycles. The predicted octanol–water partition coefficient (Wildman–Crippen LogP) is 3.59. The standard InChI is InChI=1S/C17H27BrN2O/c1-4-14(19)9-13-5-6-16(15(18)10-13)20-8-7-12(2)17(11-20)21-3/h5-6,10,12,14,17H,4,7-9,11,19H2,1-3H3. The minimum absolute atomic E-state index is 0.247. The van der Waals surface area contributed by atoms with Gasteiger partial charge in [0.25, 0.3) is 0 Å². The molecule has 0 aliphatic carbocycles. The van der Waals surface area contributed by atoms with Gasteiger partial charge in [0, 0.05) is 30.7 Å². The molecule has 1 aromatic carbocycles. The van der Waals surface area contributed by atoms with E-state index in [1.165, 1.54) is 17.7 Å². The van der Waals surface area contributed by atoms with Crippen LogP contribution in [-0.4, -0.2) is 32.3 Å². The monoisotopic (exact) mass is 354 g/mol. The molecule has 0 bridgehead atoms. The van der Waals surface area contributed by atoms with Gasteiger partial charge in [0.05, 0.1) is 11.8 Å². The number of hydrogen-bond donors (Lipinski definition) is 1. The fourth-order valence-corrected chi connectivity index (χ4v) is 3.62. The van der Waals surface area contributed by atoms with E-state index >= 15 is 0 Å². The van der Waals surface area contributed by atoms with Crippen molar-refractivity contribution in [3.63, 3.8) is 0 Å². The molecular formula is C17H27BrN2O. The minimum Gasteiger partial charge on any atom is -0.379 e. The van der Waals surface area contributed by atoms with E-state index in [4.69, 9.17) is 10.5 Å². The van der Waals surface area contributed by atoms with Crippen molar-refractivity contribution in [1.29, 1.82) is 0 Å². The number of halogens is 1. The lowest BCUT2D eigenvalue weighted by molar-refractivity contribution is 0.0498. The van der Waals surface area contributed by atoms with Crippen LogP contribution in [0.3, 0.4) is 0 Å². The van der Waals surface area contributed by atoms with Crippen molar-refractivity contribution in [2.75, 3.05) is 25.1 Å². The van der Waals surface area contributed by atoms with Gasteiger partial charge >= 0.3 is 0 Å². The Labute approximate surface area is 137 Å². The second kappa shape index (κ2) is 7.61. The molecule has 1 saturated heterocycles. The Morgan fingerprint density at radius 2 is 2.24 bits per heavy atom. The molecule has 118 valence electrons. The molecule has 1 aliphatic rings. The SMILES string of the molecule is CCC(N)Cc1ccc(N2CCC(C)C(OC)C2)c(Br)c1. The number of piperidine rings is 1. The molecule has 1 heterocycles. The van der Waals surface area contributed by atoms with E-state index in [9.17, 15) is 0 Å². The van der Waals surface area contributed by atoms with Crippen molar-refractivity contribution < 1.29 is 4.74 Å². The summed E-state index contributed by atoms with van der Waals surface area (Å²) in [6, 6.07) is 6.88. The Morgan fingerprint density at radius 3 is 2.86 bits per heavy atom. The van der Waals surface area contributed by atoms with Gasteiger partial charge in [0.15, 0.2) is 0 Å². The number of nitrogens with zero attached hydrogens (tertiary/aromatic N) is 1. The Hall–Kier alpha value is -0.580. The maximum absolute atomic E-state index is 6.05. The Bertz CT molecular complexity index is 466. The number of benzene rings is 1. The molecule has 3 nitrogen and oxygen atoms in total. The maximum atomic E-state index is 6.05. The van der Waals surface area contributed by atoms with Crippen molar-refractivity contribution in [2.24, 2.45) is 11.7 Å². The molecule has 0 amide bonds. The highest BCUT2D eigenvalue weighted by atomic mass is 79.9. The van der Waals surface area contributed by atoms with Gasteiger partial charge in [0.1, 0.15) is 0 Å². The first kappa shape index (κ1) is 16.8. The topological polar surface area (TPSA) is 38.5 Å². The van der Waals surface area contributed by atoms with Gasteiger partial charge in [-0.1, -0.05) is 19.9 Å². The highest BCUT2D eigenvalue weighted by Gasteiger charge is 2.27. The first-order valence-electron chi connectivity index (χ1n) is 7.86. The van der Waals surface area contributed by atoms with Crippen LogP contribution in [0.1, 0.15) is 32.3 Å². The molecule has 2 rings (SSSR count). The molecule has 3 unspecified atom stereocenters. The lowest BCUT2D eigenvalue weighted by Gasteiger charge is -2.38. The molecule has 1 aromatic rings. The minimum atomic E-state index is 0.247. The summed E-state index contributed by atoms with van der Waals surface area (Å²) in [6.07, 6.45) is 3.44. The fourth-order valence-electron chi connectivity index (χ4n) is 2.94. The van der Waals surface area contributed by atoms with Crippen molar-refractivity contribution in [1.82, 2.24) is 0 Å². The van der Waals surface area contributed by atoms with Crippen LogP contribution in [0.2, 0.25) is 0 Å². The summed E-state index contributed by atoms with van der Waals surface area (Å²) in [5, 5.41) is 0. The van der Waals surface area contributed by atoms with E-state index in [0.717, 1.165) is 30.4 Å². The summed E-state index contributed by atoms with van der Waals surface area (Å²) in [5.74, 6) is 0.631. The summed E-state index contributed by atoms with van der Waals surface area (Å²) < 4.78 is 6.77. The average molecular weight is 355 g/mol. The lowest BCUT2D eigenvalue weighted by atomic mass is 9.95. The van der Waals surface area contributed by atoms with E-state index in [-0.39, 0.29) is 6.04 Å². The smallest absolute Gasteiger partial charge is 0.0772 e. The van der Waals surface area contributed by atoms with E-state index in [0.29, 0.717) is 12.0 Å². The summed E-state index contributed by atoms with van der Waals surface area (Å²) in [5.41, 5.74) is 8.61. The van der Waals surface area contributed by atoms with Gasteiger partial charge in [-0.15, -0.1) is 0 Å². The molecule has 21 heavy (non-hydrogen) atoms. The number of hydrogen-bond acceptors (Lipinski definition) is 3. The lowest BCUT2D eigenvalue weighted by Crippen LogP contribution is -2.44. The summed E-state index contributed by atoms with van der Waals surface area (Å²) >= 11 is 3.73. The number of nitrogens with two attached hydrogens (primary N) is 1. The molecule has 3 atom stereocenters. The molecule has 1 fully saturated rings. The summed E-state index contributed by atoms with van der Waals surface area (Å²) in [7, 11) is 1.81. The van der Waals surface area contributed by atoms with E-state index in [1.807, 2.05) is 7.11 Å². The zero-order chi connectivity index (χ0) is 15.4. The third-order valence-electron chi connectivity index (χ3n) is 4.57. The van der Waals surface area contributed by atoms with Crippen LogP contribution in [0.15, 0.2) is 22.7 Å². The average Bonchev–Trinajstić information content (AvgIpc) is 2.48. The number of methoxy groups -OCH3 is 1. The highest BCUT2D eigenvalue weighted by Crippen LogP contribution is 2.31. The normalized spacial score (nSPS) is 24.1. The van der Waals surface area contributed by atoms with E-state index < -0.39 is 0 Å². The fraction of sp³-hybridized carbons (Fsp3) is 0.647. The van der Waals surface area contributed by atoms with E-state index in [1.54, 1.807) is 0 Å². The van der Waals surface area contributed by atoms with Crippen LogP contribution >= 0.6 is 15.9 Å². The van der Waals surface area contributed by atoms with Crippen LogP contribution < -0.4 is 10.6 Å². The van der Waals surface area contributed by atoms with Crippen LogP contribution in [0.4, 0.5) is 5.69 Å². The van der Waals surface area contributed by atoms with Crippen LogP contribution in [0.5, 0.6) is 0 Å². The van der Waals surface area contributed by atoms with Gasteiger partial charge < -0.3 is 15.4 Å². The van der Waals surface area contributed by atoms with Gasteiger partial charge in [-0.25, -0.2) is 0 Å². The van der Waals surface area contributed by atoms with Crippen molar-refractivity contribution in [3.8, 4) is 0 Å². The molecule has 0 saturated carbocycles. The first-order chi connectivity index (χ1) is 10.0. The molecule has 4 heteroatoms. The van der Waals surface area contributed by atoms with Crippen molar-refractivity contribution >= 4 is 21.6 Å². The Morgan fingerprint density at radius 1 is 1.48 bits per heavy atom. The third kappa shape index (κ3) is 4.21. The number of ether oxygens (including phenoxy) is 1. The zero-order valence-electron chi connectivity index (χ0n) is 13.3. The Kier molecular flexibility index (Phi) is 6.08. The molecule has 0 aromatic heterocycles. The molecule has 0 spiro atoms. The van der Waals surface area contributed by atoms with Crippen molar-refractivity contribution in [3.05, 3.63) is 28.2 Å². The van der Waals surface area contributed by atoms with Gasteiger partial charge in [-0.2, -0.15) is 0 Å². The second-order valence-corrected chi connectivity index (χ2v) is 7.00. The summed E-state index contributed by atoms with van der Waals surface area (Å²) in [6.45, 7) is 6.46. The molecular weight excluding hydrogens is 328 g/mol. The van der Waals surface area contributed by atoms with Crippen LogP contribution in [-0.2, 0) is 11.2 Å². The van der Waals surface area contributed by atoms with E-state index in [2.05, 4.69) is 52.9 Å². The zero-order valence-corrected chi connectivity index (χ0v) is 14.9. The quantitative estimate of drug-likeness (QED) is 0.877. The second-order valence-electron chi connectivity index (χ2n) is 6.14. The van der Waals surface area contributed by atoms with Gasteiger partial charge in [-0.3, -0.25) is 0 Å². The summed E-state index contributed by atoms with van der Waals surface area (Å²) in [4.78, 5) is 2.42. The molecule has 0 radical (unpaired) electrons. The van der Waals surface area contributed by atoms with Gasteiger partial charge in [-0.05, 0) is 58.8 Å². The first-order valence-corrected chi connectivity index (χ1v) is 8.66. The number of anilines is 1. The third-order valence-corrected chi connectivity index (χ3v) is 5.20. The number of rotatable bonds is 5. The predicted molar refractivity (Wildman–Crippen MR) is 92.9 cm³/mol. The largest absolute Gasteiger partial charge is 0.379 e.